The second-order valence-electron chi connectivity index (χ2n) is 7.75. The molecule has 3 N–H and O–H groups in total. The van der Waals surface area contributed by atoms with E-state index >= 15 is 0 Å². The van der Waals surface area contributed by atoms with Crippen molar-refractivity contribution in [1.29, 1.82) is 0 Å². The number of carboxylic acid groups (broad SMARTS) is 1. The Balaban J connectivity index is 1.83. The molecule has 1 aromatic heterocycles. The van der Waals surface area contributed by atoms with Gasteiger partial charge in [-0.25, -0.2) is 9.78 Å². The Morgan fingerprint density at radius 1 is 1.03 bits per heavy atom. The maximum absolute atomic E-state index is 14.1. The van der Waals surface area contributed by atoms with E-state index in [1.165, 1.54) is 49.4 Å². The van der Waals surface area contributed by atoms with Gasteiger partial charge in [0.25, 0.3) is 0 Å². The number of aromatic carboxylic acids is 1. The van der Waals surface area contributed by atoms with Crippen LogP contribution in [0, 0.1) is 0 Å². The number of alkyl halides is 3. The first kappa shape index (κ1) is 26.5. The number of ketones is 1. The van der Waals surface area contributed by atoms with Crippen LogP contribution in [0.3, 0.4) is 0 Å². The molecule has 0 fully saturated rings. The number of aliphatic hydroxyl groups is 1. The van der Waals surface area contributed by atoms with E-state index in [9.17, 15) is 27.9 Å². The van der Waals surface area contributed by atoms with Crippen LogP contribution in [0.2, 0.25) is 10.2 Å². The van der Waals surface area contributed by atoms with Crippen molar-refractivity contribution in [2.24, 2.45) is 0 Å². The van der Waals surface area contributed by atoms with Gasteiger partial charge in [-0.1, -0.05) is 42.3 Å². The second-order valence-corrected chi connectivity index (χ2v) is 8.54. The molecule has 0 radical (unpaired) electrons. The van der Waals surface area contributed by atoms with E-state index in [0.717, 1.165) is 18.3 Å². The maximum Gasteiger partial charge on any atom is 0.422 e. The van der Waals surface area contributed by atoms with E-state index < -0.39 is 35.0 Å². The molecule has 35 heavy (non-hydrogen) atoms. The number of halogens is 5. The summed E-state index contributed by atoms with van der Waals surface area (Å²) in [4.78, 5) is 27.1. The molecular weight excluding hydrogens is 508 g/mol. The lowest BCUT2D eigenvalue weighted by molar-refractivity contribution is -0.274. The first-order valence-electron chi connectivity index (χ1n) is 10.2. The number of carbonyl (C=O) groups is 2. The summed E-state index contributed by atoms with van der Waals surface area (Å²) in [5.41, 5.74) is -3.10. The summed E-state index contributed by atoms with van der Waals surface area (Å²) in [6.45, 7) is 1.01. The lowest BCUT2D eigenvalue weighted by Crippen LogP contribution is -2.46. The summed E-state index contributed by atoms with van der Waals surface area (Å²) in [6, 6.07) is 11.5. The monoisotopic (exact) mass is 526 g/mol. The lowest BCUT2D eigenvalue weighted by Gasteiger charge is -2.37. The van der Waals surface area contributed by atoms with Gasteiger partial charge >= 0.3 is 12.1 Å². The molecule has 2 aromatic carbocycles. The first-order valence-corrected chi connectivity index (χ1v) is 10.9. The highest BCUT2D eigenvalue weighted by molar-refractivity contribution is 6.32. The minimum Gasteiger partial charge on any atom is -0.478 e. The van der Waals surface area contributed by atoms with Crippen LogP contribution in [0.4, 0.5) is 18.9 Å². The number of aromatic nitrogens is 1. The molecule has 0 amide bonds. The third-order valence-corrected chi connectivity index (χ3v) is 6.13. The van der Waals surface area contributed by atoms with Crippen LogP contribution in [0.25, 0.3) is 0 Å². The molecule has 2 unspecified atom stereocenters. The third-order valence-electron chi connectivity index (χ3n) is 5.60. The van der Waals surface area contributed by atoms with E-state index in [4.69, 9.17) is 28.3 Å². The van der Waals surface area contributed by atoms with Gasteiger partial charge in [-0.2, -0.15) is 13.2 Å². The number of benzene rings is 2. The Hall–Kier alpha value is -3.14. The molecule has 3 rings (SSSR count). The van der Waals surface area contributed by atoms with Crippen LogP contribution in [0.5, 0.6) is 0 Å². The largest absolute Gasteiger partial charge is 0.478 e. The molecule has 1 heterocycles. The molecule has 0 aliphatic rings. The number of carbonyl (C=O) groups excluding carboxylic acids is 1. The molecule has 0 saturated carbocycles. The predicted octanol–water partition coefficient (Wildman–Crippen LogP) is 5.94. The average molecular weight is 527 g/mol. The van der Waals surface area contributed by atoms with Gasteiger partial charge < -0.3 is 15.5 Å². The van der Waals surface area contributed by atoms with Gasteiger partial charge in [0.05, 0.1) is 12.1 Å². The zero-order valence-corrected chi connectivity index (χ0v) is 19.6. The van der Waals surface area contributed by atoms with Crippen molar-refractivity contribution in [3.8, 4) is 0 Å². The van der Waals surface area contributed by atoms with Crippen molar-refractivity contribution in [2.45, 2.75) is 24.6 Å². The Kier molecular flexibility index (Phi) is 7.74. The van der Waals surface area contributed by atoms with E-state index in [1.54, 1.807) is 0 Å². The van der Waals surface area contributed by atoms with Crippen LogP contribution < -0.4 is 5.32 Å². The fraction of sp³-hybridized carbons (Fsp3) is 0.208. The topological polar surface area (TPSA) is 99.5 Å². The van der Waals surface area contributed by atoms with E-state index in [0.29, 0.717) is 5.69 Å². The number of pyridine rings is 1. The van der Waals surface area contributed by atoms with Gasteiger partial charge in [-0.15, -0.1) is 0 Å². The van der Waals surface area contributed by atoms with Gasteiger partial charge in [0.15, 0.2) is 11.4 Å². The van der Waals surface area contributed by atoms with Crippen molar-refractivity contribution in [2.75, 3.05) is 11.9 Å². The minimum absolute atomic E-state index is 0.0202. The molecule has 2 atom stereocenters. The predicted molar refractivity (Wildman–Crippen MR) is 125 cm³/mol. The highest BCUT2D eigenvalue weighted by Gasteiger charge is 2.59. The molecule has 0 bridgehead atoms. The molecule has 3 aromatic rings. The second kappa shape index (κ2) is 10.2. The van der Waals surface area contributed by atoms with Crippen LogP contribution >= 0.6 is 23.2 Å². The van der Waals surface area contributed by atoms with Crippen molar-refractivity contribution in [1.82, 2.24) is 4.98 Å². The van der Waals surface area contributed by atoms with E-state index in [-0.39, 0.29) is 33.4 Å². The number of nitrogens with zero attached hydrogens (tertiary/aromatic N) is 1. The Morgan fingerprint density at radius 2 is 1.66 bits per heavy atom. The van der Waals surface area contributed by atoms with E-state index in [1.807, 2.05) is 0 Å². The van der Waals surface area contributed by atoms with Crippen LogP contribution in [-0.2, 0) is 5.60 Å². The number of carboxylic acids is 1. The van der Waals surface area contributed by atoms with Gasteiger partial charge in [-0.05, 0) is 53.6 Å². The van der Waals surface area contributed by atoms with E-state index in [2.05, 4.69) is 10.3 Å². The summed E-state index contributed by atoms with van der Waals surface area (Å²) in [5, 5.41) is 22.3. The SMILES string of the molecule is CC(c1ccc(C(=O)CNc2ccc(C(=O)O)cc2)cc1Cl)C(O)(c1ccnc(Cl)c1)C(F)(F)F. The highest BCUT2D eigenvalue weighted by Crippen LogP contribution is 2.50. The Labute approximate surface area is 208 Å². The molecule has 0 saturated heterocycles. The molecule has 6 nitrogen and oxygen atoms in total. The number of hydrogen-bond acceptors (Lipinski definition) is 5. The maximum atomic E-state index is 14.1. The molecule has 0 spiro atoms. The zero-order valence-electron chi connectivity index (χ0n) is 18.1. The quantitative estimate of drug-likeness (QED) is 0.248. The molecule has 0 aliphatic heterocycles. The van der Waals surface area contributed by atoms with Crippen molar-refractivity contribution in [3.05, 3.63) is 93.2 Å². The first-order chi connectivity index (χ1) is 16.3. The fourth-order valence-electron chi connectivity index (χ4n) is 3.59. The number of nitrogens with one attached hydrogen (secondary N) is 1. The standard InChI is InChI=1S/C24H19Cl2F3N2O4/c1-13(23(35,24(27,28)29)16-8-9-30-21(26)11-16)18-7-4-15(10-19(18)25)20(32)12-31-17-5-2-14(3-6-17)22(33)34/h2-11,13,31,35H,12H2,1H3,(H,33,34). The Morgan fingerprint density at radius 3 is 2.20 bits per heavy atom. The van der Waals surface area contributed by atoms with Crippen LogP contribution in [0.15, 0.2) is 60.8 Å². The summed E-state index contributed by atoms with van der Waals surface area (Å²) >= 11 is 12.0. The summed E-state index contributed by atoms with van der Waals surface area (Å²) < 4.78 is 42.2. The average Bonchev–Trinajstić information content (AvgIpc) is 2.81. The fourth-order valence-corrected chi connectivity index (χ4v) is 4.11. The van der Waals surface area contributed by atoms with Gasteiger partial charge in [0.2, 0.25) is 0 Å². The molecule has 184 valence electrons. The van der Waals surface area contributed by atoms with Crippen molar-refractivity contribution >= 4 is 40.6 Å². The summed E-state index contributed by atoms with van der Waals surface area (Å²) in [5.74, 6) is -3.04. The number of hydrogen-bond donors (Lipinski definition) is 3. The lowest BCUT2D eigenvalue weighted by atomic mass is 9.78. The summed E-state index contributed by atoms with van der Waals surface area (Å²) in [6.07, 6.45) is -4.01. The third kappa shape index (κ3) is 5.58. The highest BCUT2D eigenvalue weighted by atomic mass is 35.5. The van der Waals surface area contributed by atoms with Gasteiger partial charge in [-0.3, -0.25) is 4.79 Å². The number of Topliss-reactive ketones (excluding diaryl/α,β-unsaturated/α-hetero) is 1. The number of anilines is 1. The van der Waals surface area contributed by atoms with Gasteiger partial charge in [0, 0.05) is 28.4 Å². The molecule has 11 heteroatoms. The molecule has 0 aliphatic carbocycles. The van der Waals surface area contributed by atoms with Crippen LogP contribution in [-0.4, -0.2) is 39.7 Å². The normalized spacial score (nSPS) is 14.1. The number of rotatable bonds is 8. The van der Waals surface area contributed by atoms with Crippen LogP contribution in [0.1, 0.15) is 44.7 Å². The smallest absolute Gasteiger partial charge is 0.422 e. The zero-order chi connectivity index (χ0) is 26.0. The van der Waals surface area contributed by atoms with Gasteiger partial charge in [0.1, 0.15) is 5.15 Å². The minimum atomic E-state index is -5.07. The Bertz CT molecular complexity index is 1250. The van der Waals surface area contributed by atoms with Crippen molar-refractivity contribution in [3.63, 3.8) is 0 Å². The van der Waals surface area contributed by atoms with Crippen molar-refractivity contribution < 1.29 is 33.0 Å². The summed E-state index contributed by atoms with van der Waals surface area (Å²) in [7, 11) is 0. The molecular formula is C24H19Cl2F3N2O4.